The minimum absolute atomic E-state index is 0.130. The Labute approximate surface area is 142 Å². The van der Waals surface area contributed by atoms with Crippen molar-refractivity contribution in [1.82, 2.24) is 15.3 Å². The molecular formula is C19H22N4O. The Morgan fingerprint density at radius 1 is 1.08 bits per heavy atom. The molecule has 0 radical (unpaired) electrons. The van der Waals surface area contributed by atoms with Crippen molar-refractivity contribution in [2.24, 2.45) is 0 Å². The van der Waals surface area contributed by atoms with Gasteiger partial charge in [0.2, 0.25) is 5.91 Å². The van der Waals surface area contributed by atoms with E-state index < -0.39 is 0 Å². The third kappa shape index (κ3) is 4.41. The van der Waals surface area contributed by atoms with Gasteiger partial charge in [0, 0.05) is 43.7 Å². The summed E-state index contributed by atoms with van der Waals surface area (Å²) in [6, 6.07) is 9.55. The molecule has 124 valence electrons. The van der Waals surface area contributed by atoms with Crippen molar-refractivity contribution in [3.05, 3.63) is 60.1 Å². The van der Waals surface area contributed by atoms with E-state index in [2.05, 4.69) is 20.2 Å². The van der Waals surface area contributed by atoms with E-state index in [9.17, 15) is 4.79 Å². The second kappa shape index (κ2) is 8.24. The Hall–Kier alpha value is -2.69. The fourth-order valence-electron chi connectivity index (χ4n) is 2.84. The summed E-state index contributed by atoms with van der Waals surface area (Å²) in [6.45, 7) is 2.56. The maximum Gasteiger partial charge on any atom is 0.244 e. The number of anilines is 1. The number of carbonyl (C=O) groups excluding carboxylic acids is 1. The molecule has 0 bridgehead atoms. The van der Waals surface area contributed by atoms with Gasteiger partial charge in [-0.2, -0.15) is 0 Å². The number of hydrogen-bond donors (Lipinski definition) is 1. The first-order chi connectivity index (χ1) is 11.8. The molecule has 0 aromatic carbocycles. The molecule has 5 heteroatoms. The number of nitrogens with zero attached hydrogens (tertiary/aromatic N) is 3. The first-order valence-corrected chi connectivity index (χ1v) is 8.39. The fourth-order valence-corrected chi connectivity index (χ4v) is 2.84. The van der Waals surface area contributed by atoms with Crippen LogP contribution in [0.1, 0.15) is 30.5 Å². The molecule has 2 aromatic rings. The van der Waals surface area contributed by atoms with Crippen LogP contribution in [0.5, 0.6) is 0 Å². The first-order valence-electron chi connectivity index (χ1n) is 8.39. The van der Waals surface area contributed by atoms with Gasteiger partial charge in [0.15, 0.2) is 0 Å². The van der Waals surface area contributed by atoms with E-state index in [0.29, 0.717) is 6.54 Å². The lowest BCUT2D eigenvalue weighted by atomic mass is 10.1. The van der Waals surface area contributed by atoms with E-state index >= 15 is 0 Å². The van der Waals surface area contributed by atoms with E-state index in [-0.39, 0.29) is 5.91 Å². The van der Waals surface area contributed by atoms with E-state index in [1.807, 2.05) is 36.5 Å². The van der Waals surface area contributed by atoms with Crippen LogP contribution in [-0.2, 0) is 11.3 Å². The molecule has 0 unspecified atom stereocenters. The molecule has 1 amide bonds. The molecule has 0 aliphatic carbocycles. The van der Waals surface area contributed by atoms with Gasteiger partial charge in [-0.15, -0.1) is 0 Å². The lowest BCUT2D eigenvalue weighted by molar-refractivity contribution is -0.116. The number of pyridine rings is 2. The number of amides is 1. The Balaban J connectivity index is 1.60. The van der Waals surface area contributed by atoms with Crippen molar-refractivity contribution in [2.75, 3.05) is 18.0 Å². The van der Waals surface area contributed by atoms with Crippen LogP contribution >= 0.6 is 0 Å². The van der Waals surface area contributed by atoms with E-state index in [1.165, 1.54) is 25.3 Å². The summed E-state index contributed by atoms with van der Waals surface area (Å²) >= 11 is 0. The molecule has 0 saturated carbocycles. The number of nitrogens with one attached hydrogen (secondary N) is 1. The number of rotatable bonds is 5. The molecule has 24 heavy (non-hydrogen) atoms. The lowest BCUT2D eigenvalue weighted by Gasteiger charge is -2.29. The number of carbonyl (C=O) groups is 1. The van der Waals surface area contributed by atoms with E-state index in [1.54, 1.807) is 12.3 Å². The zero-order chi connectivity index (χ0) is 16.6. The van der Waals surface area contributed by atoms with Crippen molar-refractivity contribution in [1.29, 1.82) is 0 Å². The van der Waals surface area contributed by atoms with Gasteiger partial charge in [0.05, 0.1) is 5.69 Å². The van der Waals surface area contributed by atoms with Crippen LogP contribution in [0.3, 0.4) is 0 Å². The molecule has 1 fully saturated rings. The zero-order valence-corrected chi connectivity index (χ0v) is 13.7. The Morgan fingerprint density at radius 2 is 1.92 bits per heavy atom. The van der Waals surface area contributed by atoms with Gasteiger partial charge in [0.25, 0.3) is 0 Å². The van der Waals surface area contributed by atoms with Crippen LogP contribution in [-0.4, -0.2) is 29.0 Å². The molecule has 1 aliphatic heterocycles. The fraction of sp³-hybridized carbons (Fsp3) is 0.316. The maximum atomic E-state index is 12.0. The summed E-state index contributed by atoms with van der Waals surface area (Å²) in [5.74, 6) is 0.861. The van der Waals surface area contributed by atoms with Gasteiger partial charge in [0.1, 0.15) is 5.82 Å². The van der Waals surface area contributed by atoms with E-state index in [0.717, 1.165) is 30.2 Å². The SMILES string of the molecule is O=C(/C=C/c1ccccn1)NCc1cccnc1N1CCCCC1. The van der Waals surface area contributed by atoms with Crippen LogP contribution in [0.4, 0.5) is 5.82 Å². The van der Waals surface area contributed by atoms with Crippen molar-refractivity contribution < 1.29 is 4.79 Å². The standard InChI is InChI=1S/C19H22N4O/c24-18(10-9-17-8-2-3-11-20-17)22-15-16-7-6-12-21-19(16)23-13-4-1-5-14-23/h2-3,6-12H,1,4-5,13-15H2,(H,22,24)/b10-9+. The highest BCUT2D eigenvalue weighted by Crippen LogP contribution is 2.21. The van der Waals surface area contributed by atoms with Crippen molar-refractivity contribution in [3.63, 3.8) is 0 Å². The van der Waals surface area contributed by atoms with Gasteiger partial charge >= 0.3 is 0 Å². The summed E-state index contributed by atoms with van der Waals surface area (Å²) < 4.78 is 0. The van der Waals surface area contributed by atoms with Crippen LogP contribution < -0.4 is 10.2 Å². The lowest BCUT2D eigenvalue weighted by Crippen LogP contribution is -2.32. The van der Waals surface area contributed by atoms with Gasteiger partial charge < -0.3 is 10.2 Å². The molecule has 1 saturated heterocycles. The molecule has 1 aliphatic rings. The predicted octanol–water partition coefficient (Wildman–Crippen LogP) is 2.80. The summed E-state index contributed by atoms with van der Waals surface area (Å²) in [5, 5.41) is 2.93. The van der Waals surface area contributed by atoms with E-state index in [4.69, 9.17) is 0 Å². The smallest absolute Gasteiger partial charge is 0.244 e. The van der Waals surface area contributed by atoms with Crippen molar-refractivity contribution in [3.8, 4) is 0 Å². The third-order valence-corrected chi connectivity index (χ3v) is 4.07. The Morgan fingerprint density at radius 3 is 2.71 bits per heavy atom. The number of piperidine rings is 1. The Kier molecular flexibility index (Phi) is 5.56. The highest BCUT2D eigenvalue weighted by Gasteiger charge is 2.15. The Bertz CT molecular complexity index is 694. The molecule has 3 heterocycles. The molecule has 5 nitrogen and oxygen atoms in total. The topological polar surface area (TPSA) is 58.1 Å². The van der Waals surface area contributed by atoms with Crippen molar-refractivity contribution >= 4 is 17.8 Å². The number of aromatic nitrogens is 2. The number of hydrogen-bond acceptors (Lipinski definition) is 4. The van der Waals surface area contributed by atoms with Crippen molar-refractivity contribution in [2.45, 2.75) is 25.8 Å². The van der Waals surface area contributed by atoms with Crippen LogP contribution in [0, 0.1) is 0 Å². The molecule has 0 spiro atoms. The molecule has 0 atom stereocenters. The highest BCUT2D eigenvalue weighted by atomic mass is 16.1. The molecule has 2 aromatic heterocycles. The minimum atomic E-state index is -0.130. The van der Waals surface area contributed by atoms with Crippen LogP contribution in [0.25, 0.3) is 6.08 Å². The van der Waals surface area contributed by atoms with Crippen LogP contribution in [0.15, 0.2) is 48.8 Å². The quantitative estimate of drug-likeness (QED) is 0.860. The van der Waals surface area contributed by atoms with Crippen LogP contribution in [0.2, 0.25) is 0 Å². The minimum Gasteiger partial charge on any atom is -0.356 e. The second-order valence-electron chi connectivity index (χ2n) is 5.84. The summed E-state index contributed by atoms with van der Waals surface area (Å²) in [6.07, 6.45) is 10.4. The van der Waals surface area contributed by atoms with Gasteiger partial charge in [-0.1, -0.05) is 12.1 Å². The monoisotopic (exact) mass is 322 g/mol. The normalized spacial score (nSPS) is 14.8. The van der Waals surface area contributed by atoms with Gasteiger partial charge in [-0.05, 0) is 43.5 Å². The highest BCUT2D eigenvalue weighted by molar-refractivity contribution is 5.91. The summed E-state index contributed by atoms with van der Waals surface area (Å²) in [4.78, 5) is 23.0. The zero-order valence-electron chi connectivity index (χ0n) is 13.7. The molecule has 3 rings (SSSR count). The average molecular weight is 322 g/mol. The average Bonchev–Trinajstić information content (AvgIpc) is 2.66. The largest absolute Gasteiger partial charge is 0.356 e. The molecular weight excluding hydrogens is 300 g/mol. The predicted molar refractivity (Wildman–Crippen MR) is 95.4 cm³/mol. The van der Waals surface area contributed by atoms with Gasteiger partial charge in [-0.25, -0.2) is 4.98 Å². The third-order valence-electron chi connectivity index (χ3n) is 4.07. The maximum absolute atomic E-state index is 12.0. The summed E-state index contributed by atoms with van der Waals surface area (Å²) in [5.41, 5.74) is 1.82. The summed E-state index contributed by atoms with van der Waals surface area (Å²) in [7, 11) is 0. The molecule has 1 N–H and O–H groups in total. The second-order valence-corrected chi connectivity index (χ2v) is 5.84. The van der Waals surface area contributed by atoms with Gasteiger partial charge in [-0.3, -0.25) is 9.78 Å². The first kappa shape index (κ1) is 16.2.